The molecule has 5 nitrogen and oxygen atoms in total. The molecule has 1 saturated heterocycles. The van der Waals surface area contributed by atoms with E-state index in [4.69, 9.17) is 0 Å². The molecule has 0 aromatic heterocycles. The van der Waals surface area contributed by atoms with E-state index in [1.807, 2.05) is 24.3 Å². The number of anilines is 3. The van der Waals surface area contributed by atoms with Crippen LogP contribution in [0.2, 0.25) is 0 Å². The van der Waals surface area contributed by atoms with Crippen molar-refractivity contribution >= 4 is 28.9 Å². The summed E-state index contributed by atoms with van der Waals surface area (Å²) in [5, 5.41) is 2.61. The van der Waals surface area contributed by atoms with Crippen molar-refractivity contribution in [1.29, 1.82) is 0 Å². The quantitative estimate of drug-likeness (QED) is 0.446. The van der Waals surface area contributed by atoms with E-state index in [0.29, 0.717) is 11.3 Å². The summed E-state index contributed by atoms with van der Waals surface area (Å²) >= 11 is 0. The summed E-state index contributed by atoms with van der Waals surface area (Å²) in [4.78, 5) is 29.5. The van der Waals surface area contributed by atoms with Crippen LogP contribution in [0, 0.1) is 0 Å². The second-order valence-electron chi connectivity index (χ2n) is 8.86. The lowest BCUT2D eigenvalue weighted by Crippen LogP contribution is -2.33. The molecule has 1 aliphatic heterocycles. The summed E-state index contributed by atoms with van der Waals surface area (Å²) < 4.78 is 39.6. The summed E-state index contributed by atoms with van der Waals surface area (Å²) in [6, 6.07) is 19.2. The molecule has 36 heavy (non-hydrogen) atoms. The first-order chi connectivity index (χ1) is 17.2. The van der Waals surface area contributed by atoms with Crippen molar-refractivity contribution < 1.29 is 22.8 Å². The molecule has 188 valence electrons. The zero-order valence-electron chi connectivity index (χ0n) is 20.0. The number of carbonyl (C=O) groups excluding carboxylic acids is 2. The predicted molar refractivity (Wildman–Crippen MR) is 135 cm³/mol. The van der Waals surface area contributed by atoms with Crippen LogP contribution in [0.25, 0.3) is 0 Å². The van der Waals surface area contributed by atoms with Gasteiger partial charge in [-0.05, 0) is 67.3 Å². The molecule has 0 saturated carbocycles. The Kier molecular flexibility index (Phi) is 7.62. The van der Waals surface area contributed by atoms with Crippen LogP contribution in [0.15, 0.2) is 72.8 Å². The monoisotopic (exact) mass is 495 g/mol. The third-order valence-electron chi connectivity index (χ3n) is 6.33. The van der Waals surface area contributed by atoms with E-state index < -0.39 is 24.1 Å². The zero-order chi connectivity index (χ0) is 25.7. The van der Waals surface area contributed by atoms with E-state index in [1.54, 1.807) is 36.2 Å². The number of rotatable bonds is 6. The highest BCUT2D eigenvalue weighted by atomic mass is 19.4. The minimum absolute atomic E-state index is 0.0942. The minimum Gasteiger partial charge on any atom is -0.370 e. The Labute approximate surface area is 208 Å². The molecular weight excluding hydrogens is 467 g/mol. The lowest BCUT2D eigenvalue weighted by molar-refractivity contribution is -0.138. The molecule has 1 fully saturated rings. The van der Waals surface area contributed by atoms with E-state index in [0.717, 1.165) is 43.4 Å². The minimum atomic E-state index is -4.53. The number of hydrogen-bond donors (Lipinski definition) is 1. The fraction of sp³-hybridized carbons (Fsp3) is 0.286. The van der Waals surface area contributed by atoms with Gasteiger partial charge in [0.25, 0.3) is 5.91 Å². The molecule has 1 N–H and O–H groups in total. The zero-order valence-corrected chi connectivity index (χ0v) is 20.0. The molecule has 0 spiro atoms. The molecule has 8 heteroatoms. The van der Waals surface area contributed by atoms with Crippen LogP contribution in [0.3, 0.4) is 0 Å². The molecule has 3 aromatic rings. The van der Waals surface area contributed by atoms with E-state index in [2.05, 4.69) is 10.2 Å². The Hall–Kier alpha value is -3.81. The molecule has 4 rings (SSSR count). The van der Waals surface area contributed by atoms with Crippen LogP contribution in [0.5, 0.6) is 0 Å². The van der Waals surface area contributed by atoms with E-state index >= 15 is 0 Å². The van der Waals surface area contributed by atoms with Crippen molar-refractivity contribution in [3.05, 3.63) is 89.5 Å². The Morgan fingerprint density at radius 3 is 2.22 bits per heavy atom. The molecule has 1 heterocycles. The average molecular weight is 496 g/mol. The summed E-state index contributed by atoms with van der Waals surface area (Å²) in [6.07, 6.45) is -1.48. The molecule has 0 aliphatic carbocycles. The second kappa shape index (κ2) is 10.8. The molecule has 2 amide bonds. The van der Waals surface area contributed by atoms with E-state index in [-0.39, 0.29) is 11.5 Å². The van der Waals surface area contributed by atoms with Crippen molar-refractivity contribution in [3.8, 4) is 0 Å². The van der Waals surface area contributed by atoms with Crippen LogP contribution in [0.4, 0.5) is 30.2 Å². The molecule has 3 aromatic carbocycles. The molecule has 0 radical (unpaired) electrons. The van der Waals surface area contributed by atoms with Gasteiger partial charge in [0.15, 0.2) is 0 Å². The predicted octanol–water partition coefficient (Wildman–Crippen LogP) is 6.15. The van der Waals surface area contributed by atoms with Gasteiger partial charge >= 0.3 is 6.18 Å². The van der Waals surface area contributed by atoms with Crippen LogP contribution < -0.4 is 15.1 Å². The fourth-order valence-electron chi connectivity index (χ4n) is 4.48. The highest BCUT2D eigenvalue weighted by Crippen LogP contribution is 2.33. The number of alkyl halides is 3. The first-order valence-corrected chi connectivity index (χ1v) is 11.9. The Morgan fingerprint density at radius 2 is 1.53 bits per heavy atom. The Bertz CT molecular complexity index is 1220. The summed E-state index contributed by atoms with van der Waals surface area (Å²) in [5.74, 6) is -0.769. The number of halogens is 3. The number of hydrogen-bond acceptors (Lipinski definition) is 3. The third kappa shape index (κ3) is 5.87. The van der Waals surface area contributed by atoms with Crippen molar-refractivity contribution in [2.24, 2.45) is 0 Å². The molecule has 1 aliphatic rings. The first-order valence-electron chi connectivity index (χ1n) is 11.9. The molecular formula is C28H28F3N3O2. The summed E-state index contributed by atoms with van der Waals surface area (Å²) in [5.41, 5.74) is 1.77. The summed E-state index contributed by atoms with van der Waals surface area (Å²) in [7, 11) is 1.74. The molecule has 0 unspecified atom stereocenters. The standard InChI is InChI=1S/C28H28F3N3O2/c1-33(24-11-5-6-12-25(24)34-17-7-2-8-18-34)27(36)20-13-15-22(16-14-20)32-26(35)19-21-9-3-4-10-23(21)28(29,30)31/h3-6,9-16H,2,7-8,17-19H2,1H3,(H,32,35). The molecule has 0 bridgehead atoms. The van der Waals surface area contributed by atoms with Gasteiger partial charge < -0.3 is 15.1 Å². The lowest BCUT2D eigenvalue weighted by atomic mass is 10.0. The lowest BCUT2D eigenvalue weighted by Gasteiger charge is -2.32. The van der Waals surface area contributed by atoms with Gasteiger partial charge in [0.1, 0.15) is 0 Å². The van der Waals surface area contributed by atoms with Crippen LogP contribution >= 0.6 is 0 Å². The number of nitrogens with one attached hydrogen (secondary N) is 1. The Morgan fingerprint density at radius 1 is 0.889 bits per heavy atom. The highest BCUT2D eigenvalue weighted by molar-refractivity contribution is 6.07. The van der Waals surface area contributed by atoms with Crippen LogP contribution in [-0.2, 0) is 17.4 Å². The van der Waals surface area contributed by atoms with Gasteiger partial charge in [-0.1, -0.05) is 30.3 Å². The number of amides is 2. The van der Waals surface area contributed by atoms with E-state index in [1.165, 1.54) is 24.6 Å². The topological polar surface area (TPSA) is 52.7 Å². The van der Waals surface area contributed by atoms with E-state index in [9.17, 15) is 22.8 Å². The van der Waals surface area contributed by atoms with Crippen molar-refractivity contribution in [1.82, 2.24) is 0 Å². The highest BCUT2D eigenvalue weighted by Gasteiger charge is 2.33. The maximum atomic E-state index is 13.2. The van der Waals surface area contributed by atoms with Crippen molar-refractivity contribution in [3.63, 3.8) is 0 Å². The number of piperidine rings is 1. The second-order valence-corrected chi connectivity index (χ2v) is 8.86. The maximum Gasteiger partial charge on any atom is 0.416 e. The molecule has 0 atom stereocenters. The number of carbonyl (C=O) groups is 2. The van der Waals surface area contributed by atoms with Crippen LogP contribution in [0.1, 0.15) is 40.7 Å². The largest absolute Gasteiger partial charge is 0.416 e. The third-order valence-corrected chi connectivity index (χ3v) is 6.33. The van der Waals surface area contributed by atoms with Crippen LogP contribution in [-0.4, -0.2) is 32.0 Å². The fourth-order valence-corrected chi connectivity index (χ4v) is 4.48. The normalized spacial score (nSPS) is 13.8. The number of nitrogens with zero attached hydrogens (tertiary/aromatic N) is 2. The van der Waals surface area contributed by atoms with Gasteiger partial charge in [-0.25, -0.2) is 0 Å². The first kappa shape index (κ1) is 25.3. The Balaban J connectivity index is 1.43. The maximum absolute atomic E-state index is 13.2. The van der Waals surface area contributed by atoms with Gasteiger partial charge in [-0.3, -0.25) is 9.59 Å². The van der Waals surface area contributed by atoms with Crippen molar-refractivity contribution in [2.45, 2.75) is 31.9 Å². The smallest absolute Gasteiger partial charge is 0.370 e. The SMILES string of the molecule is CN(C(=O)c1ccc(NC(=O)Cc2ccccc2C(F)(F)F)cc1)c1ccccc1N1CCCCC1. The number of benzene rings is 3. The van der Waals surface area contributed by atoms with Crippen molar-refractivity contribution in [2.75, 3.05) is 35.3 Å². The van der Waals surface area contributed by atoms with Gasteiger partial charge in [-0.15, -0.1) is 0 Å². The summed E-state index contributed by atoms with van der Waals surface area (Å²) in [6.45, 7) is 1.92. The average Bonchev–Trinajstić information content (AvgIpc) is 2.88. The van der Waals surface area contributed by atoms with Gasteiger partial charge in [0, 0.05) is 31.4 Å². The van der Waals surface area contributed by atoms with Gasteiger partial charge in [0.05, 0.1) is 23.4 Å². The van der Waals surface area contributed by atoms with Gasteiger partial charge in [0.2, 0.25) is 5.91 Å². The van der Waals surface area contributed by atoms with Gasteiger partial charge in [-0.2, -0.15) is 13.2 Å². The number of para-hydroxylation sites is 2.